The Hall–Kier alpha value is -2.93. The SMILES string of the molecule is CCCC(=O)NCc1nc2c([nH]1)c(N)nc1cc(-c3ccsc3)ccc12. The van der Waals surface area contributed by atoms with Gasteiger partial charge < -0.3 is 16.0 Å². The highest BCUT2D eigenvalue weighted by Gasteiger charge is 2.13. The number of aromatic nitrogens is 3. The van der Waals surface area contributed by atoms with Crippen LogP contribution in [0.25, 0.3) is 33.1 Å². The first-order valence-electron chi connectivity index (χ1n) is 8.53. The molecule has 0 aliphatic rings. The summed E-state index contributed by atoms with van der Waals surface area (Å²) in [6.07, 6.45) is 1.33. The molecule has 0 aliphatic heterocycles. The first kappa shape index (κ1) is 16.5. The highest BCUT2D eigenvalue weighted by atomic mass is 32.1. The third-order valence-electron chi connectivity index (χ3n) is 4.29. The third-order valence-corrected chi connectivity index (χ3v) is 4.97. The number of pyridine rings is 1. The molecule has 7 heteroatoms. The van der Waals surface area contributed by atoms with E-state index in [1.807, 2.05) is 19.1 Å². The first-order valence-corrected chi connectivity index (χ1v) is 9.47. The molecule has 0 saturated heterocycles. The Morgan fingerprint density at radius 3 is 2.92 bits per heavy atom. The zero-order chi connectivity index (χ0) is 18.1. The molecule has 4 aromatic rings. The summed E-state index contributed by atoms with van der Waals surface area (Å²) in [5.41, 5.74) is 10.7. The minimum absolute atomic E-state index is 0.0179. The molecule has 0 atom stereocenters. The molecule has 3 aromatic heterocycles. The maximum absolute atomic E-state index is 11.7. The molecule has 1 amide bonds. The van der Waals surface area contributed by atoms with E-state index in [1.54, 1.807) is 11.3 Å². The third kappa shape index (κ3) is 3.01. The van der Waals surface area contributed by atoms with Crippen LogP contribution in [-0.4, -0.2) is 20.9 Å². The van der Waals surface area contributed by atoms with Crippen LogP contribution in [0.5, 0.6) is 0 Å². The lowest BCUT2D eigenvalue weighted by molar-refractivity contribution is -0.121. The van der Waals surface area contributed by atoms with Crippen molar-refractivity contribution in [1.29, 1.82) is 0 Å². The Bertz CT molecular complexity index is 1080. The summed E-state index contributed by atoms with van der Waals surface area (Å²) >= 11 is 1.66. The van der Waals surface area contributed by atoms with Crippen molar-refractivity contribution in [2.45, 2.75) is 26.3 Å². The number of imidazole rings is 1. The van der Waals surface area contributed by atoms with E-state index in [9.17, 15) is 4.79 Å². The van der Waals surface area contributed by atoms with Crippen molar-refractivity contribution in [2.24, 2.45) is 0 Å². The van der Waals surface area contributed by atoms with Gasteiger partial charge in [-0.25, -0.2) is 9.97 Å². The molecule has 3 heterocycles. The number of H-pyrrole nitrogens is 1. The molecular weight excluding hydrogens is 346 g/mol. The molecule has 0 spiro atoms. The smallest absolute Gasteiger partial charge is 0.220 e. The monoisotopic (exact) mass is 365 g/mol. The fourth-order valence-corrected chi connectivity index (χ4v) is 3.67. The van der Waals surface area contributed by atoms with Crippen molar-refractivity contribution in [3.8, 4) is 11.1 Å². The number of hydrogen-bond donors (Lipinski definition) is 3. The zero-order valence-electron chi connectivity index (χ0n) is 14.4. The molecule has 0 radical (unpaired) electrons. The molecule has 0 fully saturated rings. The van der Waals surface area contributed by atoms with E-state index in [1.165, 1.54) is 5.56 Å². The predicted molar refractivity (Wildman–Crippen MR) is 106 cm³/mol. The number of nitrogens with zero attached hydrogens (tertiary/aromatic N) is 2. The van der Waals surface area contributed by atoms with Gasteiger partial charge in [-0.2, -0.15) is 11.3 Å². The van der Waals surface area contributed by atoms with E-state index >= 15 is 0 Å². The number of nitrogen functional groups attached to an aromatic ring is 1. The van der Waals surface area contributed by atoms with Crippen LogP contribution >= 0.6 is 11.3 Å². The fourth-order valence-electron chi connectivity index (χ4n) is 3.00. The predicted octanol–water partition coefficient (Wildman–Crippen LogP) is 3.84. The summed E-state index contributed by atoms with van der Waals surface area (Å²) < 4.78 is 0. The van der Waals surface area contributed by atoms with Gasteiger partial charge in [0.05, 0.1) is 12.1 Å². The number of amides is 1. The topological polar surface area (TPSA) is 96.7 Å². The summed E-state index contributed by atoms with van der Waals surface area (Å²) in [5, 5.41) is 7.96. The highest BCUT2D eigenvalue weighted by molar-refractivity contribution is 7.08. The summed E-state index contributed by atoms with van der Waals surface area (Å²) in [7, 11) is 0. The van der Waals surface area contributed by atoms with E-state index < -0.39 is 0 Å². The molecule has 4 N–H and O–H groups in total. The van der Waals surface area contributed by atoms with Crippen LogP contribution in [0.15, 0.2) is 35.0 Å². The number of benzene rings is 1. The minimum Gasteiger partial charge on any atom is -0.382 e. The number of carbonyl (C=O) groups excluding carboxylic acids is 1. The lowest BCUT2D eigenvalue weighted by Crippen LogP contribution is -2.22. The molecule has 6 nitrogen and oxygen atoms in total. The summed E-state index contributed by atoms with van der Waals surface area (Å²) in [6.45, 7) is 2.32. The second-order valence-electron chi connectivity index (χ2n) is 6.17. The van der Waals surface area contributed by atoms with Crippen LogP contribution in [0.1, 0.15) is 25.6 Å². The van der Waals surface area contributed by atoms with Gasteiger partial charge in [-0.3, -0.25) is 4.79 Å². The van der Waals surface area contributed by atoms with Crippen LogP contribution in [0.2, 0.25) is 0 Å². The number of rotatable bonds is 5. The summed E-state index contributed by atoms with van der Waals surface area (Å²) in [4.78, 5) is 24.0. The number of fused-ring (bicyclic) bond motifs is 3. The van der Waals surface area contributed by atoms with E-state index in [0.29, 0.717) is 30.1 Å². The molecule has 4 rings (SSSR count). The first-order chi connectivity index (χ1) is 12.7. The van der Waals surface area contributed by atoms with Crippen molar-refractivity contribution in [3.63, 3.8) is 0 Å². The van der Waals surface area contributed by atoms with Crippen LogP contribution in [0, 0.1) is 0 Å². The van der Waals surface area contributed by atoms with Crippen LogP contribution in [0.4, 0.5) is 5.82 Å². The lowest BCUT2D eigenvalue weighted by Gasteiger charge is -2.04. The Kier molecular flexibility index (Phi) is 4.30. The molecule has 0 aliphatic carbocycles. The van der Waals surface area contributed by atoms with E-state index in [-0.39, 0.29) is 5.91 Å². The van der Waals surface area contributed by atoms with E-state index in [4.69, 9.17) is 5.73 Å². The molecule has 1 aromatic carbocycles. The summed E-state index contributed by atoms with van der Waals surface area (Å²) in [6, 6.07) is 8.21. The molecule has 132 valence electrons. The maximum atomic E-state index is 11.7. The van der Waals surface area contributed by atoms with Crippen LogP contribution in [-0.2, 0) is 11.3 Å². The summed E-state index contributed by atoms with van der Waals surface area (Å²) in [5.74, 6) is 1.10. The average Bonchev–Trinajstić information content (AvgIpc) is 3.30. The molecule has 26 heavy (non-hydrogen) atoms. The van der Waals surface area contributed by atoms with E-state index in [2.05, 4.69) is 43.2 Å². The Balaban J connectivity index is 1.73. The second kappa shape index (κ2) is 6.76. The van der Waals surface area contributed by atoms with E-state index in [0.717, 1.165) is 28.4 Å². The quantitative estimate of drug-likeness (QED) is 0.500. The van der Waals surface area contributed by atoms with Crippen molar-refractivity contribution < 1.29 is 4.79 Å². The Morgan fingerprint density at radius 2 is 2.15 bits per heavy atom. The molecule has 0 unspecified atom stereocenters. The zero-order valence-corrected chi connectivity index (χ0v) is 15.2. The molecule has 0 bridgehead atoms. The lowest BCUT2D eigenvalue weighted by atomic mass is 10.1. The number of thiophene rings is 1. The average molecular weight is 365 g/mol. The molecule has 0 saturated carbocycles. The van der Waals surface area contributed by atoms with Gasteiger partial charge >= 0.3 is 0 Å². The van der Waals surface area contributed by atoms with Gasteiger partial charge in [0, 0.05) is 11.8 Å². The van der Waals surface area contributed by atoms with Gasteiger partial charge in [0.25, 0.3) is 0 Å². The van der Waals surface area contributed by atoms with Crippen molar-refractivity contribution in [1.82, 2.24) is 20.3 Å². The van der Waals surface area contributed by atoms with Crippen molar-refractivity contribution in [2.75, 3.05) is 5.73 Å². The van der Waals surface area contributed by atoms with Gasteiger partial charge in [-0.15, -0.1) is 0 Å². The van der Waals surface area contributed by atoms with Gasteiger partial charge in [0.1, 0.15) is 22.7 Å². The number of carbonyl (C=O) groups is 1. The highest BCUT2D eigenvalue weighted by Crippen LogP contribution is 2.30. The van der Waals surface area contributed by atoms with Gasteiger partial charge in [0.15, 0.2) is 0 Å². The van der Waals surface area contributed by atoms with Gasteiger partial charge in [-0.1, -0.05) is 13.0 Å². The number of anilines is 1. The molecular formula is C19H19N5OS. The van der Waals surface area contributed by atoms with Gasteiger partial charge in [0.2, 0.25) is 5.91 Å². The maximum Gasteiger partial charge on any atom is 0.220 e. The fraction of sp³-hybridized carbons (Fsp3) is 0.211. The second-order valence-corrected chi connectivity index (χ2v) is 6.95. The number of nitrogens with one attached hydrogen (secondary N) is 2. The van der Waals surface area contributed by atoms with Crippen LogP contribution < -0.4 is 11.1 Å². The van der Waals surface area contributed by atoms with Crippen molar-refractivity contribution in [3.05, 3.63) is 40.8 Å². The Morgan fingerprint density at radius 1 is 1.27 bits per heavy atom. The number of nitrogens with two attached hydrogens (primary N) is 1. The van der Waals surface area contributed by atoms with Crippen LogP contribution in [0.3, 0.4) is 0 Å². The Labute approximate surface area is 154 Å². The minimum atomic E-state index is 0.0179. The van der Waals surface area contributed by atoms with Crippen molar-refractivity contribution >= 4 is 45.0 Å². The largest absolute Gasteiger partial charge is 0.382 e. The number of aromatic amines is 1. The number of hydrogen-bond acceptors (Lipinski definition) is 5. The standard InChI is InChI=1S/C19H19N5OS/c1-2-3-16(25)21-9-15-23-17-13-5-4-11(12-6-7-26-10-12)8-14(13)22-19(20)18(17)24-15/h4-8,10H,2-3,9H2,1H3,(H2,20,22)(H,21,25)(H,23,24). The normalized spacial score (nSPS) is 11.3. The van der Waals surface area contributed by atoms with Gasteiger partial charge in [-0.05, 0) is 46.5 Å².